The molecule has 11 heteroatoms. The normalized spacial score (nSPS) is 14.2. The van der Waals surface area contributed by atoms with Crippen molar-refractivity contribution in [2.24, 2.45) is 0 Å². The van der Waals surface area contributed by atoms with E-state index >= 15 is 0 Å². The monoisotopic (exact) mass is 352 g/mol. The van der Waals surface area contributed by atoms with Crippen LogP contribution in [-0.4, -0.2) is 38.1 Å². The van der Waals surface area contributed by atoms with Gasteiger partial charge < -0.3 is 5.11 Å². The topological polar surface area (TPSA) is 63.6 Å². The maximum atomic E-state index is 12.4. The molecule has 1 N–H and O–H groups in total. The highest BCUT2D eigenvalue weighted by Gasteiger charge is 2.71. The molecule has 0 fully saturated rings. The van der Waals surface area contributed by atoms with E-state index in [0.717, 1.165) is 12.1 Å². The third-order valence-corrected chi connectivity index (χ3v) is 3.95. The van der Waals surface area contributed by atoms with E-state index in [4.69, 9.17) is 5.11 Å². The van der Waals surface area contributed by atoms with Crippen LogP contribution in [0.3, 0.4) is 0 Å². The standard InChI is InChI=1S/C11H10F6O4S/c1-7-2-4-8(5-3-7)22(19,20)21-6-9(18,10(12,13)14)11(15,16)17/h2-5,18H,6H2,1H3. The summed E-state index contributed by atoms with van der Waals surface area (Å²) in [5.74, 6) is 0. The van der Waals surface area contributed by atoms with Crippen molar-refractivity contribution in [3.63, 3.8) is 0 Å². The molecular formula is C11H10F6O4S. The van der Waals surface area contributed by atoms with E-state index in [9.17, 15) is 34.8 Å². The Hall–Kier alpha value is -1.33. The van der Waals surface area contributed by atoms with E-state index in [1.807, 2.05) is 0 Å². The molecule has 0 spiro atoms. The lowest BCUT2D eigenvalue weighted by Crippen LogP contribution is -2.60. The molecule has 0 unspecified atom stereocenters. The van der Waals surface area contributed by atoms with Gasteiger partial charge in [0.2, 0.25) is 0 Å². The summed E-state index contributed by atoms with van der Waals surface area (Å²) in [6.45, 7) is -0.945. The molecule has 0 aliphatic heterocycles. The van der Waals surface area contributed by atoms with Crippen LogP contribution in [0.25, 0.3) is 0 Å². The van der Waals surface area contributed by atoms with Gasteiger partial charge in [0, 0.05) is 0 Å². The second kappa shape index (κ2) is 5.70. The lowest BCUT2D eigenvalue weighted by molar-refractivity contribution is -0.373. The Morgan fingerprint density at radius 3 is 1.77 bits per heavy atom. The van der Waals surface area contributed by atoms with Crippen LogP contribution in [0.4, 0.5) is 26.3 Å². The summed E-state index contributed by atoms with van der Waals surface area (Å²) in [5, 5.41) is 8.80. The van der Waals surface area contributed by atoms with Gasteiger partial charge in [-0.15, -0.1) is 0 Å². The maximum Gasteiger partial charge on any atom is 0.428 e. The smallest absolute Gasteiger partial charge is 0.372 e. The molecule has 4 nitrogen and oxygen atoms in total. The van der Waals surface area contributed by atoms with Gasteiger partial charge in [-0.2, -0.15) is 34.8 Å². The molecule has 0 bridgehead atoms. The summed E-state index contributed by atoms with van der Waals surface area (Å²) in [6.07, 6.45) is -12.3. The number of rotatable bonds is 4. The first-order chi connectivity index (χ1) is 9.71. The van der Waals surface area contributed by atoms with Gasteiger partial charge in [-0.05, 0) is 19.1 Å². The highest BCUT2D eigenvalue weighted by Crippen LogP contribution is 2.43. The maximum absolute atomic E-state index is 12.4. The summed E-state index contributed by atoms with van der Waals surface area (Å²) < 4.78 is 101. The molecule has 0 atom stereocenters. The summed E-state index contributed by atoms with van der Waals surface area (Å²) in [7, 11) is -4.89. The Kier molecular flexibility index (Phi) is 4.85. The molecule has 1 rings (SSSR count). The van der Waals surface area contributed by atoms with Gasteiger partial charge in [0.1, 0.15) is 6.61 Å². The van der Waals surface area contributed by atoms with Crippen molar-refractivity contribution in [3.8, 4) is 0 Å². The van der Waals surface area contributed by atoms with Gasteiger partial charge in [-0.3, -0.25) is 4.18 Å². The van der Waals surface area contributed by atoms with Gasteiger partial charge in [-0.1, -0.05) is 17.7 Å². The van der Waals surface area contributed by atoms with Crippen LogP contribution in [0.15, 0.2) is 29.2 Å². The molecule has 1 aromatic rings. The molecule has 0 amide bonds. The fourth-order valence-electron chi connectivity index (χ4n) is 1.26. The summed E-state index contributed by atoms with van der Waals surface area (Å²) in [6, 6.07) is 4.45. The Balaban J connectivity index is 3.06. The molecule has 126 valence electrons. The number of aryl methyl sites for hydroxylation is 1. The Labute approximate surface area is 121 Å². The van der Waals surface area contributed by atoms with Gasteiger partial charge in [-0.25, -0.2) is 0 Å². The van der Waals surface area contributed by atoms with E-state index in [-0.39, 0.29) is 0 Å². The average Bonchev–Trinajstić information content (AvgIpc) is 2.33. The van der Waals surface area contributed by atoms with Crippen LogP contribution in [0.5, 0.6) is 0 Å². The van der Waals surface area contributed by atoms with E-state index in [0.29, 0.717) is 5.56 Å². The first-order valence-electron chi connectivity index (χ1n) is 5.53. The lowest BCUT2D eigenvalue weighted by Gasteiger charge is -2.31. The van der Waals surface area contributed by atoms with Crippen molar-refractivity contribution in [1.82, 2.24) is 0 Å². The zero-order valence-corrected chi connectivity index (χ0v) is 11.7. The SMILES string of the molecule is Cc1ccc(S(=O)(=O)OCC(O)(C(F)(F)F)C(F)(F)F)cc1. The predicted molar refractivity (Wildman–Crippen MR) is 61.4 cm³/mol. The predicted octanol–water partition coefficient (Wildman–Crippen LogP) is 2.56. The second-order valence-corrected chi connectivity index (χ2v) is 6.00. The molecule has 0 radical (unpaired) electrons. The number of hydrogen-bond donors (Lipinski definition) is 1. The summed E-state index contributed by atoms with van der Waals surface area (Å²) >= 11 is 0. The lowest BCUT2D eigenvalue weighted by atomic mass is 10.1. The van der Waals surface area contributed by atoms with Gasteiger partial charge in [0.25, 0.3) is 15.7 Å². The van der Waals surface area contributed by atoms with Crippen molar-refractivity contribution >= 4 is 10.1 Å². The molecule has 0 aliphatic rings. The highest BCUT2D eigenvalue weighted by molar-refractivity contribution is 7.86. The van der Waals surface area contributed by atoms with Crippen molar-refractivity contribution in [2.75, 3.05) is 6.61 Å². The molecule has 0 saturated carbocycles. The van der Waals surface area contributed by atoms with Crippen LogP contribution >= 0.6 is 0 Å². The van der Waals surface area contributed by atoms with Crippen LogP contribution in [0.1, 0.15) is 5.56 Å². The minimum absolute atomic E-state index is 0.612. The Morgan fingerprint density at radius 1 is 1.00 bits per heavy atom. The van der Waals surface area contributed by atoms with E-state index in [2.05, 4.69) is 4.18 Å². The zero-order valence-electron chi connectivity index (χ0n) is 10.9. The minimum atomic E-state index is -6.16. The van der Waals surface area contributed by atoms with E-state index in [1.54, 1.807) is 6.92 Å². The zero-order chi connectivity index (χ0) is 17.4. The van der Waals surface area contributed by atoms with Crippen LogP contribution < -0.4 is 0 Å². The highest BCUT2D eigenvalue weighted by atomic mass is 32.2. The molecule has 0 aliphatic carbocycles. The van der Waals surface area contributed by atoms with Gasteiger partial charge >= 0.3 is 12.4 Å². The number of hydrogen-bond acceptors (Lipinski definition) is 4. The van der Waals surface area contributed by atoms with E-state index < -0.39 is 39.6 Å². The summed E-state index contributed by atoms with van der Waals surface area (Å²) in [5.41, 5.74) is -4.68. The number of alkyl halides is 6. The number of aliphatic hydroxyl groups is 1. The van der Waals surface area contributed by atoms with Gasteiger partial charge in [0.05, 0.1) is 4.90 Å². The first-order valence-corrected chi connectivity index (χ1v) is 6.93. The molecule has 1 aromatic carbocycles. The molecule has 0 heterocycles. The number of benzene rings is 1. The minimum Gasteiger partial charge on any atom is -0.372 e. The van der Waals surface area contributed by atoms with Crippen LogP contribution in [0.2, 0.25) is 0 Å². The Morgan fingerprint density at radius 2 is 1.41 bits per heavy atom. The molecular weight excluding hydrogens is 342 g/mol. The van der Waals surface area contributed by atoms with Crippen molar-refractivity contribution in [2.45, 2.75) is 29.8 Å². The van der Waals surface area contributed by atoms with Crippen LogP contribution in [0, 0.1) is 6.92 Å². The van der Waals surface area contributed by atoms with Crippen molar-refractivity contribution < 1.29 is 44.0 Å². The van der Waals surface area contributed by atoms with Crippen LogP contribution in [-0.2, 0) is 14.3 Å². The van der Waals surface area contributed by atoms with Gasteiger partial charge in [0.15, 0.2) is 0 Å². The second-order valence-electron chi connectivity index (χ2n) is 4.39. The summed E-state index contributed by atoms with van der Waals surface area (Å²) in [4.78, 5) is -0.634. The fraction of sp³-hybridized carbons (Fsp3) is 0.455. The van der Waals surface area contributed by atoms with Crippen molar-refractivity contribution in [1.29, 1.82) is 0 Å². The van der Waals surface area contributed by atoms with Crippen molar-refractivity contribution in [3.05, 3.63) is 29.8 Å². The Bertz CT molecular complexity index is 603. The fourth-order valence-corrected chi connectivity index (χ4v) is 2.19. The van der Waals surface area contributed by atoms with E-state index in [1.165, 1.54) is 12.1 Å². The molecule has 0 aromatic heterocycles. The average molecular weight is 352 g/mol. The third-order valence-electron chi connectivity index (χ3n) is 2.67. The largest absolute Gasteiger partial charge is 0.428 e. The molecule has 0 saturated heterocycles. The molecule has 22 heavy (non-hydrogen) atoms. The number of halogens is 6. The quantitative estimate of drug-likeness (QED) is 0.668. The first kappa shape index (κ1) is 18.7. The third kappa shape index (κ3) is 3.70.